The van der Waals surface area contributed by atoms with Crippen molar-refractivity contribution >= 4 is 16.5 Å². The number of nitrogens with one attached hydrogen (secondary N) is 1. The van der Waals surface area contributed by atoms with Crippen LogP contribution in [0.2, 0.25) is 0 Å². The molecule has 6 heteroatoms. The van der Waals surface area contributed by atoms with Crippen LogP contribution >= 0.6 is 11.3 Å². The van der Waals surface area contributed by atoms with Gasteiger partial charge in [0.25, 0.3) is 0 Å². The monoisotopic (exact) mass is 270 g/mol. The molecule has 0 unspecified atom stereocenters. The number of aliphatic hydroxyl groups excluding tert-OH is 1. The Labute approximate surface area is 112 Å². The molecule has 1 aromatic rings. The average Bonchev–Trinajstić information content (AvgIpc) is 3.00. The lowest BCUT2D eigenvalue weighted by atomic mass is 10.2. The highest BCUT2D eigenvalue weighted by molar-refractivity contribution is 7.15. The predicted octanol–water partition coefficient (Wildman–Crippen LogP) is 1.71. The molecule has 1 heterocycles. The molecule has 5 nitrogen and oxygen atoms in total. The summed E-state index contributed by atoms with van der Waals surface area (Å²) in [6.45, 7) is 4.69. The molecule has 0 atom stereocenters. The van der Waals surface area contributed by atoms with Crippen molar-refractivity contribution in [3.8, 4) is 0 Å². The maximum Gasteiger partial charge on any atom is 0.205 e. The maximum absolute atomic E-state index is 9.18. The van der Waals surface area contributed by atoms with E-state index in [0.717, 1.165) is 29.8 Å². The Morgan fingerprint density at radius 1 is 1.39 bits per heavy atom. The first-order chi connectivity index (χ1) is 8.83. The summed E-state index contributed by atoms with van der Waals surface area (Å²) in [5.74, 6) is 0. The molecule has 1 fully saturated rings. The molecule has 0 amide bonds. The average molecular weight is 270 g/mol. The van der Waals surface area contributed by atoms with Crippen LogP contribution in [0.3, 0.4) is 0 Å². The van der Waals surface area contributed by atoms with Gasteiger partial charge >= 0.3 is 0 Å². The smallest absolute Gasteiger partial charge is 0.205 e. The van der Waals surface area contributed by atoms with Crippen LogP contribution < -0.4 is 5.32 Å². The van der Waals surface area contributed by atoms with Gasteiger partial charge in [0.05, 0.1) is 13.2 Å². The van der Waals surface area contributed by atoms with Gasteiger partial charge in [-0.1, -0.05) is 24.2 Å². The van der Waals surface area contributed by atoms with Gasteiger partial charge in [0.15, 0.2) is 0 Å². The Balaban J connectivity index is 1.93. The number of nitrogens with zero attached hydrogens (tertiary/aromatic N) is 3. The van der Waals surface area contributed by atoms with Gasteiger partial charge in [0.1, 0.15) is 5.01 Å². The van der Waals surface area contributed by atoms with Crippen molar-refractivity contribution in [3.63, 3.8) is 0 Å². The van der Waals surface area contributed by atoms with Gasteiger partial charge in [-0.05, 0) is 19.8 Å². The van der Waals surface area contributed by atoms with Gasteiger partial charge in [0, 0.05) is 19.1 Å². The van der Waals surface area contributed by atoms with Crippen molar-refractivity contribution < 1.29 is 5.11 Å². The van der Waals surface area contributed by atoms with E-state index in [1.54, 1.807) is 11.3 Å². The molecule has 0 bridgehead atoms. The summed E-state index contributed by atoms with van der Waals surface area (Å²) in [5.41, 5.74) is 0. The molecule has 0 saturated heterocycles. The van der Waals surface area contributed by atoms with Crippen LogP contribution in [0.4, 0.5) is 5.13 Å². The van der Waals surface area contributed by atoms with E-state index in [0.29, 0.717) is 6.04 Å². The fraction of sp³-hybridized carbons (Fsp3) is 0.833. The third-order valence-corrected chi connectivity index (χ3v) is 4.23. The molecular weight excluding hydrogens is 248 g/mol. The number of rotatable bonds is 7. The number of anilines is 1. The third-order valence-electron chi connectivity index (χ3n) is 3.36. The second kappa shape index (κ2) is 7.01. The third kappa shape index (κ3) is 3.63. The molecule has 102 valence electrons. The largest absolute Gasteiger partial charge is 0.395 e. The molecule has 1 saturated carbocycles. The van der Waals surface area contributed by atoms with E-state index in [1.807, 2.05) is 0 Å². The zero-order valence-electron chi connectivity index (χ0n) is 10.9. The van der Waals surface area contributed by atoms with Crippen LogP contribution in [-0.4, -0.2) is 45.9 Å². The number of hydrogen-bond acceptors (Lipinski definition) is 6. The summed E-state index contributed by atoms with van der Waals surface area (Å²) in [4.78, 5) is 2.35. The molecule has 1 aliphatic carbocycles. The van der Waals surface area contributed by atoms with Crippen molar-refractivity contribution in [2.24, 2.45) is 0 Å². The van der Waals surface area contributed by atoms with E-state index >= 15 is 0 Å². The maximum atomic E-state index is 9.18. The fourth-order valence-electron chi connectivity index (χ4n) is 2.50. The number of aliphatic hydroxyl groups is 1. The zero-order chi connectivity index (χ0) is 12.8. The zero-order valence-corrected chi connectivity index (χ0v) is 11.7. The molecule has 1 aromatic heterocycles. The van der Waals surface area contributed by atoms with Gasteiger partial charge in [-0.15, -0.1) is 10.2 Å². The summed E-state index contributed by atoms with van der Waals surface area (Å²) < 4.78 is 0. The molecule has 1 aliphatic rings. The first-order valence-electron chi connectivity index (χ1n) is 6.74. The Morgan fingerprint density at radius 3 is 2.83 bits per heavy atom. The van der Waals surface area contributed by atoms with E-state index in [2.05, 4.69) is 27.3 Å². The highest BCUT2D eigenvalue weighted by atomic mass is 32.1. The minimum absolute atomic E-state index is 0.218. The van der Waals surface area contributed by atoms with E-state index < -0.39 is 0 Å². The Morgan fingerprint density at radius 2 is 2.17 bits per heavy atom. The topological polar surface area (TPSA) is 61.3 Å². The van der Waals surface area contributed by atoms with E-state index in [1.165, 1.54) is 25.7 Å². The molecular formula is C12H22N4OS. The van der Waals surface area contributed by atoms with Crippen LogP contribution in [0.1, 0.15) is 37.6 Å². The SMILES string of the molecule is CCNc1nnc(CN(CCO)C2CCCC2)s1. The molecule has 2 rings (SSSR count). The Bertz CT molecular complexity index is 352. The Kier molecular flexibility index (Phi) is 5.34. The summed E-state index contributed by atoms with van der Waals surface area (Å²) in [6, 6.07) is 0.614. The minimum Gasteiger partial charge on any atom is -0.395 e. The van der Waals surface area contributed by atoms with Gasteiger partial charge < -0.3 is 10.4 Å². The molecule has 0 aliphatic heterocycles. The van der Waals surface area contributed by atoms with Crippen molar-refractivity contribution in [3.05, 3.63) is 5.01 Å². The Hall–Kier alpha value is -0.720. The van der Waals surface area contributed by atoms with Crippen LogP contribution in [0, 0.1) is 0 Å². The lowest BCUT2D eigenvalue weighted by molar-refractivity contribution is 0.144. The highest BCUT2D eigenvalue weighted by Gasteiger charge is 2.23. The molecule has 2 N–H and O–H groups in total. The first kappa shape index (κ1) is 13.7. The van der Waals surface area contributed by atoms with E-state index in [9.17, 15) is 5.11 Å². The van der Waals surface area contributed by atoms with Crippen LogP contribution in [0.15, 0.2) is 0 Å². The van der Waals surface area contributed by atoms with E-state index in [4.69, 9.17) is 0 Å². The summed E-state index contributed by atoms with van der Waals surface area (Å²) in [6.07, 6.45) is 5.12. The first-order valence-corrected chi connectivity index (χ1v) is 7.56. The molecule has 18 heavy (non-hydrogen) atoms. The van der Waals surface area contributed by atoms with Gasteiger partial charge in [-0.2, -0.15) is 0 Å². The normalized spacial score (nSPS) is 16.6. The minimum atomic E-state index is 0.218. The van der Waals surface area contributed by atoms with Crippen LogP contribution in [0.5, 0.6) is 0 Å². The fourth-order valence-corrected chi connectivity index (χ4v) is 3.34. The van der Waals surface area contributed by atoms with Gasteiger partial charge in [0.2, 0.25) is 5.13 Å². The summed E-state index contributed by atoms with van der Waals surface area (Å²) >= 11 is 1.61. The second-order valence-electron chi connectivity index (χ2n) is 4.66. The van der Waals surface area contributed by atoms with Crippen molar-refractivity contribution in [1.82, 2.24) is 15.1 Å². The van der Waals surface area contributed by atoms with E-state index in [-0.39, 0.29) is 6.61 Å². The van der Waals surface area contributed by atoms with Crippen LogP contribution in [-0.2, 0) is 6.54 Å². The lowest BCUT2D eigenvalue weighted by Crippen LogP contribution is -2.35. The number of aromatic nitrogens is 2. The summed E-state index contributed by atoms with van der Waals surface area (Å²) in [5, 5.41) is 22.6. The predicted molar refractivity (Wildman–Crippen MR) is 73.8 cm³/mol. The molecule has 0 aromatic carbocycles. The lowest BCUT2D eigenvalue weighted by Gasteiger charge is -2.26. The van der Waals surface area contributed by atoms with Crippen LogP contribution in [0.25, 0.3) is 0 Å². The standard InChI is InChI=1S/C12H22N4OS/c1-2-13-12-15-14-11(18-12)9-16(7-8-17)10-5-3-4-6-10/h10,17H,2-9H2,1H3,(H,13,15). The van der Waals surface area contributed by atoms with Crippen molar-refractivity contribution in [2.45, 2.75) is 45.2 Å². The molecule has 0 spiro atoms. The van der Waals surface area contributed by atoms with Gasteiger partial charge in [-0.3, -0.25) is 4.90 Å². The number of hydrogen-bond donors (Lipinski definition) is 2. The van der Waals surface area contributed by atoms with Crippen molar-refractivity contribution in [2.75, 3.05) is 25.0 Å². The second-order valence-corrected chi connectivity index (χ2v) is 5.73. The highest BCUT2D eigenvalue weighted by Crippen LogP contribution is 2.26. The summed E-state index contributed by atoms with van der Waals surface area (Å²) in [7, 11) is 0. The quantitative estimate of drug-likeness (QED) is 0.790. The molecule has 0 radical (unpaired) electrons. The van der Waals surface area contributed by atoms with Crippen molar-refractivity contribution in [1.29, 1.82) is 0 Å². The van der Waals surface area contributed by atoms with Gasteiger partial charge in [-0.25, -0.2) is 0 Å².